The first kappa shape index (κ1) is 22.8. The fraction of sp³-hybridized carbons (Fsp3) is 0.292. The minimum absolute atomic E-state index is 0.112. The summed E-state index contributed by atoms with van der Waals surface area (Å²) in [5.74, 6) is -0.819. The number of hydrogen-bond donors (Lipinski definition) is 3. The molecule has 3 aromatic rings. The smallest absolute Gasteiger partial charge is 0.305 e. The highest BCUT2D eigenvalue weighted by Gasteiger charge is 2.38. The summed E-state index contributed by atoms with van der Waals surface area (Å²) in [6, 6.07) is 13.5. The predicted octanol–water partition coefficient (Wildman–Crippen LogP) is 4.10. The molecule has 1 aliphatic rings. The molecule has 0 spiro atoms. The summed E-state index contributed by atoms with van der Waals surface area (Å²) in [7, 11) is 0. The van der Waals surface area contributed by atoms with E-state index in [4.69, 9.17) is 5.11 Å². The van der Waals surface area contributed by atoms with E-state index in [1.165, 1.54) is 12.1 Å². The molecule has 4 rings (SSSR count). The van der Waals surface area contributed by atoms with Gasteiger partial charge in [0, 0.05) is 24.2 Å². The number of hydrogen-bond acceptors (Lipinski definition) is 6. The lowest BCUT2D eigenvalue weighted by Gasteiger charge is -2.49. The van der Waals surface area contributed by atoms with Crippen LogP contribution in [0.15, 0.2) is 48.5 Å². The third-order valence-electron chi connectivity index (χ3n) is 5.97. The lowest BCUT2D eigenvalue weighted by molar-refractivity contribution is -0.136. The fourth-order valence-electron chi connectivity index (χ4n) is 4.14. The molecule has 0 radical (unpaired) electrons. The molecule has 1 unspecified atom stereocenters. The Morgan fingerprint density at radius 3 is 2.73 bits per heavy atom. The van der Waals surface area contributed by atoms with Crippen LogP contribution >= 0.6 is 0 Å². The molecule has 0 aliphatic carbocycles. The quantitative estimate of drug-likeness (QED) is 0.366. The normalized spacial score (nSPS) is 18.4. The van der Waals surface area contributed by atoms with Gasteiger partial charge in [-0.1, -0.05) is 30.3 Å². The first-order valence-electron chi connectivity index (χ1n) is 10.8. The molecular weight excluding hydrogens is 425 g/mol. The van der Waals surface area contributed by atoms with Crippen molar-refractivity contribution in [3.63, 3.8) is 0 Å². The lowest BCUT2D eigenvalue weighted by atomic mass is 9.99. The molecule has 2 heterocycles. The molecule has 172 valence electrons. The molecule has 0 bridgehead atoms. The van der Waals surface area contributed by atoms with Crippen LogP contribution in [0.2, 0.25) is 0 Å². The monoisotopic (exact) mass is 451 g/mol. The second-order valence-electron chi connectivity index (χ2n) is 8.19. The first-order valence-corrected chi connectivity index (χ1v) is 10.8. The van der Waals surface area contributed by atoms with E-state index in [0.717, 1.165) is 5.56 Å². The van der Waals surface area contributed by atoms with Crippen molar-refractivity contribution in [3.05, 3.63) is 76.2 Å². The van der Waals surface area contributed by atoms with Gasteiger partial charge in [-0.25, -0.2) is 9.37 Å². The molecule has 8 nitrogen and oxygen atoms in total. The SMILES string of the molecule is Cc1cc(F)ccc1-c1nc(NCCC(=O)O)nc2c1CNC[N+]2([O-])[C@@H](C)c1ccccc1. The van der Waals surface area contributed by atoms with E-state index in [1.54, 1.807) is 13.0 Å². The van der Waals surface area contributed by atoms with E-state index in [1.807, 2.05) is 37.3 Å². The molecule has 0 saturated heterocycles. The Balaban J connectivity index is 1.86. The van der Waals surface area contributed by atoms with Gasteiger partial charge in [0.15, 0.2) is 0 Å². The van der Waals surface area contributed by atoms with Gasteiger partial charge in [0.25, 0.3) is 0 Å². The van der Waals surface area contributed by atoms with Crippen LogP contribution in [-0.2, 0) is 11.3 Å². The number of quaternary nitrogens is 1. The zero-order valence-electron chi connectivity index (χ0n) is 18.5. The minimum atomic E-state index is -0.953. The Morgan fingerprint density at radius 1 is 1.27 bits per heavy atom. The highest BCUT2D eigenvalue weighted by atomic mass is 19.1. The lowest BCUT2D eigenvalue weighted by Crippen LogP contribution is -2.55. The predicted molar refractivity (Wildman–Crippen MR) is 125 cm³/mol. The van der Waals surface area contributed by atoms with E-state index in [9.17, 15) is 14.4 Å². The number of rotatable bonds is 7. The van der Waals surface area contributed by atoms with Crippen LogP contribution in [0.4, 0.5) is 16.2 Å². The number of carboxylic acid groups (broad SMARTS) is 1. The second-order valence-corrected chi connectivity index (χ2v) is 8.19. The van der Waals surface area contributed by atoms with Gasteiger partial charge in [-0.3, -0.25) is 14.8 Å². The largest absolute Gasteiger partial charge is 0.625 e. The molecule has 0 fully saturated rings. The fourth-order valence-corrected chi connectivity index (χ4v) is 4.14. The van der Waals surface area contributed by atoms with Crippen molar-refractivity contribution in [2.45, 2.75) is 32.9 Å². The number of carboxylic acids is 1. The number of anilines is 1. The standard InChI is InChI=1S/C24H26FN5O3/c1-15-12-18(25)8-9-19(15)22-20-13-26-14-30(33,16(2)17-6-4-3-5-7-17)23(20)29-24(28-22)27-11-10-21(31)32/h3-9,12,16,26H,10-11,13-14H2,1-2H3,(H,31,32)(H,27,28,29)/t16-,30?/m0/s1. The number of aromatic nitrogens is 2. The number of halogens is 1. The van der Waals surface area contributed by atoms with Crippen molar-refractivity contribution < 1.29 is 14.3 Å². The van der Waals surface area contributed by atoms with Gasteiger partial charge in [-0.2, -0.15) is 4.98 Å². The van der Waals surface area contributed by atoms with E-state index in [0.29, 0.717) is 34.7 Å². The maximum atomic E-state index is 14.3. The van der Waals surface area contributed by atoms with Crippen LogP contribution in [0.3, 0.4) is 0 Å². The third kappa shape index (κ3) is 4.56. The Hall–Kier alpha value is -3.40. The van der Waals surface area contributed by atoms with Gasteiger partial charge >= 0.3 is 5.97 Å². The zero-order chi connectivity index (χ0) is 23.6. The van der Waals surface area contributed by atoms with Gasteiger partial charge in [0.1, 0.15) is 18.5 Å². The van der Waals surface area contributed by atoms with Crippen molar-refractivity contribution in [1.82, 2.24) is 19.9 Å². The molecule has 1 aromatic heterocycles. The molecule has 1 aliphatic heterocycles. The number of fused-ring (bicyclic) bond motifs is 1. The van der Waals surface area contributed by atoms with E-state index in [-0.39, 0.29) is 31.4 Å². The minimum Gasteiger partial charge on any atom is -0.625 e. The Labute approximate surface area is 191 Å². The van der Waals surface area contributed by atoms with Crippen LogP contribution in [0.1, 0.15) is 36.1 Å². The van der Waals surface area contributed by atoms with Crippen molar-refractivity contribution >= 4 is 17.7 Å². The van der Waals surface area contributed by atoms with Crippen molar-refractivity contribution in [3.8, 4) is 11.3 Å². The number of aryl methyl sites for hydroxylation is 1. The number of nitrogens with zero attached hydrogens (tertiary/aromatic N) is 3. The highest BCUT2D eigenvalue weighted by Crippen LogP contribution is 2.41. The van der Waals surface area contributed by atoms with Crippen LogP contribution < -0.4 is 15.3 Å². The number of carbonyl (C=O) groups is 1. The zero-order valence-corrected chi connectivity index (χ0v) is 18.5. The summed E-state index contributed by atoms with van der Waals surface area (Å²) < 4.78 is 13.0. The number of benzene rings is 2. The van der Waals surface area contributed by atoms with Gasteiger partial charge in [0.05, 0.1) is 17.7 Å². The summed E-state index contributed by atoms with van der Waals surface area (Å²) in [6.45, 7) is 4.27. The highest BCUT2D eigenvalue weighted by molar-refractivity contribution is 5.73. The maximum Gasteiger partial charge on any atom is 0.305 e. The molecule has 9 heteroatoms. The Bertz CT molecular complexity index is 1170. The summed E-state index contributed by atoms with van der Waals surface area (Å²) in [5, 5.41) is 29.4. The number of aliphatic carboxylic acids is 1. The Morgan fingerprint density at radius 2 is 2.03 bits per heavy atom. The van der Waals surface area contributed by atoms with E-state index >= 15 is 0 Å². The molecule has 33 heavy (non-hydrogen) atoms. The summed E-state index contributed by atoms with van der Waals surface area (Å²) in [5.41, 5.74) is 3.43. The topological polar surface area (TPSA) is 110 Å². The molecule has 0 saturated carbocycles. The molecular formula is C24H26FN5O3. The van der Waals surface area contributed by atoms with Gasteiger partial charge in [0.2, 0.25) is 11.8 Å². The van der Waals surface area contributed by atoms with Crippen LogP contribution in [0.25, 0.3) is 11.3 Å². The summed E-state index contributed by atoms with van der Waals surface area (Å²) >= 11 is 0. The molecule has 2 aromatic carbocycles. The second kappa shape index (κ2) is 9.22. The van der Waals surface area contributed by atoms with Crippen LogP contribution in [0, 0.1) is 17.9 Å². The van der Waals surface area contributed by atoms with Crippen LogP contribution in [0.5, 0.6) is 0 Å². The molecule has 2 atom stereocenters. The van der Waals surface area contributed by atoms with Crippen molar-refractivity contribution in [2.75, 3.05) is 18.5 Å². The third-order valence-corrected chi connectivity index (χ3v) is 5.97. The molecule has 3 N–H and O–H groups in total. The summed E-state index contributed by atoms with van der Waals surface area (Å²) in [6.07, 6.45) is -0.120. The molecule has 0 amide bonds. The van der Waals surface area contributed by atoms with Gasteiger partial charge in [-0.05, 0) is 37.6 Å². The van der Waals surface area contributed by atoms with Crippen molar-refractivity contribution in [2.24, 2.45) is 0 Å². The Kier molecular flexibility index (Phi) is 6.37. The maximum absolute atomic E-state index is 14.3. The summed E-state index contributed by atoms with van der Waals surface area (Å²) in [4.78, 5) is 20.1. The van der Waals surface area contributed by atoms with E-state index in [2.05, 4.69) is 20.6 Å². The van der Waals surface area contributed by atoms with Gasteiger partial charge < -0.3 is 15.6 Å². The van der Waals surface area contributed by atoms with Crippen molar-refractivity contribution in [1.29, 1.82) is 0 Å². The van der Waals surface area contributed by atoms with E-state index < -0.39 is 16.7 Å². The average Bonchev–Trinajstić information content (AvgIpc) is 2.79. The van der Waals surface area contributed by atoms with Gasteiger partial charge in [-0.15, -0.1) is 0 Å². The number of hydroxylamine groups is 2. The van der Waals surface area contributed by atoms with Crippen LogP contribution in [-0.4, -0.2) is 34.3 Å². The first-order chi connectivity index (χ1) is 15.8. The number of nitrogens with one attached hydrogen (secondary N) is 2. The average molecular weight is 452 g/mol.